The molecule has 1 aromatic rings. The molecular formula is C17H24N2O5S. The highest BCUT2D eigenvalue weighted by Gasteiger charge is 2.29. The van der Waals surface area contributed by atoms with Crippen molar-refractivity contribution in [2.45, 2.75) is 38.5 Å². The third-order valence-corrected chi connectivity index (χ3v) is 6.01. The maximum Gasteiger partial charge on any atom is 0.252 e. The molecule has 1 fully saturated rings. The van der Waals surface area contributed by atoms with Crippen molar-refractivity contribution in [3.63, 3.8) is 0 Å². The number of rotatable bonds is 6. The molecule has 0 aliphatic carbocycles. The van der Waals surface area contributed by atoms with Crippen LogP contribution in [0, 0.1) is 5.41 Å². The van der Waals surface area contributed by atoms with Crippen molar-refractivity contribution in [1.82, 2.24) is 4.31 Å². The molecule has 8 heteroatoms. The molecule has 2 rings (SSSR count). The Morgan fingerprint density at radius 1 is 1.20 bits per heavy atom. The van der Waals surface area contributed by atoms with Gasteiger partial charge in [-0.15, -0.1) is 0 Å². The zero-order valence-corrected chi connectivity index (χ0v) is 15.6. The van der Waals surface area contributed by atoms with Crippen LogP contribution in [0.1, 0.15) is 44.0 Å². The molecule has 7 nitrogen and oxygen atoms in total. The minimum absolute atomic E-state index is 0.00213. The number of amides is 1. The summed E-state index contributed by atoms with van der Waals surface area (Å²) in [5.74, 6) is -0.848. The predicted molar refractivity (Wildman–Crippen MR) is 92.9 cm³/mol. The Morgan fingerprint density at radius 2 is 1.80 bits per heavy atom. The highest BCUT2D eigenvalue weighted by molar-refractivity contribution is 7.89. The number of ether oxygens (including phenoxy) is 1. The second-order valence-electron chi connectivity index (χ2n) is 7.10. The molecule has 1 amide bonds. The number of carbonyl (C=O) groups is 2. The molecule has 0 atom stereocenters. The molecule has 0 aromatic heterocycles. The molecule has 1 aliphatic rings. The van der Waals surface area contributed by atoms with Gasteiger partial charge in [0, 0.05) is 18.5 Å². The molecule has 2 N–H and O–H groups in total. The molecule has 0 unspecified atom stereocenters. The zero-order valence-electron chi connectivity index (χ0n) is 14.7. The lowest BCUT2D eigenvalue weighted by atomic mass is 9.91. The third-order valence-electron chi connectivity index (χ3n) is 4.11. The smallest absolute Gasteiger partial charge is 0.252 e. The number of hydrogen-bond acceptors (Lipinski definition) is 5. The first kappa shape index (κ1) is 19.4. The Hall–Kier alpha value is -1.93. The SMILES string of the molecule is CC(C)(C)C(=O)COc1ccc(S(=O)(=O)N2CCCC2)cc1C(N)=O. The fourth-order valence-corrected chi connectivity index (χ4v) is 3.97. The van der Waals surface area contributed by atoms with Gasteiger partial charge in [-0.2, -0.15) is 4.31 Å². The second-order valence-corrected chi connectivity index (χ2v) is 9.03. The average molecular weight is 368 g/mol. The number of sulfonamides is 1. The van der Waals surface area contributed by atoms with Crippen molar-refractivity contribution in [1.29, 1.82) is 0 Å². The van der Waals surface area contributed by atoms with E-state index in [9.17, 15) is 18.0 Å². The van der Waals surface area contributed by atoms with Crippen LogP contribution < -0.4 is 10.5 Å². The predicted octanol–water partition coefficient (Wildman–Crippen LogP) is 1.56. The van der Waals surface area contributed by atoms with Gasteiger partial charge < -0.3 is 10.5 Å². The standard InChI is InChI=1S/C17H24N2O5S/c1-17(2,3)15(20)11-24-14-7-6-12(10-13(14)16(18)21)25(22,23)19-8-4-5-9-19/h6-7,10H,4-5,8-9,11H2,1-3H3,(H2,18,21). The van der Waals surface area contributed by atoms with Gasteiger partial charge in [0.15, 0.2) is 5.78 Å². The highest BCUT2D eigenvalue weighted by atomic mass is 32.2. The van der Waals surface area contributed by atoms with Gasteiger partial charge in [-0.25, -0.2) is 8.42 Å². The first-order chi connectivity index (χ1) is 11.5. The summed E-state index contributed by atoms with van der Waals surface area (Å²) >= 11 is 0. The summed E-state index contributed by atoms with van der Waals surface area (Å²) in [6, 6.07) is 3.96. The van der Waals surface area contributed by atoms with Crippen LogP contribution in [-0.4, -0.2) is 44.1 Å². The number of benzene rings is 1. The maximum absolute atomic E-state index is 12.6. The summed E-state index contributed by atoms with van der Waals surface area (Å²) in [6.45, 7) is 6.00. The van der Waals surface area contributed by atoms with Gasteiger partial charge in [0.25, 0.3) is 5.91 Å². The van der Waals surface area contributed by atoms with Crippen molar-refractivity contribution < 1.29 is 22.7 Å². The van der Waals surface area contributed by atoms with Gasteiger partial charge in [0.1, 0.15) is 12.4 Å². The summed E-state index contributed by atoms with van der Waals surface area (Å²) in [6.07, 6.45) is 1.63. The zero-order chi connectivity index (χ0) is 18.8. The van der Waals surface area contributed by atoms with Crippen LogP contribution in [0.15, 0.2) is 23.1 Å². The number of primary amides is 1. The lowest BCUT2D eigenvalue weighted by molar-refractivity contribution is -0.128. The van der Waals surface area contributed by atoms with Crippen LogP contribution in [0.3, 0.4) is 0 Å². The van der Waals surface area contributed by atoms with E-state index in [0.29, 0.717) is 13.1 Å². The Labute approximate surface area is 148 Å². The van der Waals surface area contributed by atoms with E-state index in [1.807, 2.05) is 0 Å². The Morgan fingerprint density at radius 3 is 2.32 bits per heavy atom. The lowest BCUT2D eigenvalue weighted by Gasteiger charge is -2.19. The van der Waals surface area contributed by atoms with E-state index in [-0.39, 0.29) is 28.6 Å². The van der Waals surface area contributed by atoms with E-state index in [2.05, 4.69) is 0 Å². The maximum atomic E-state index is 12.6. The third kappa shape index (κ3) is 4.38. The van der Waals surface area contributed by atoms with Crippen molar-refractivity contribution in [3.05, 3.63) is 23.8 Å². The summed E-state index contributed by atoms with van der Waals surface area (Å²) in [7, 11) is -3.66. The quantitative estimate of drug-likeness (QED) is 0.820. The van der Waals surface area contributed by atoms with Crippen LogP contribution in [-0.2, 0) is 14.8 Å². The van der Waals surface area contributed by atoms with Crippen molar-refractivity contribution in [3.8, 4) is 5.75 Å². The largest absolute Gasteiger partial charge is 0.485 e. The minimum Gasteiger partial charge on any atom is -0.485 e. The summed E-state index contributed by atoms with van der Waals surface area (Å²) in [4.78, 5) is 23.7. The molecule has 0 bridgehead atoms. The van der Waals surface area contributed by atoms with Gasteiger partial charge >= 0.3 is 0 Å². The number of nitrogens with zero attached hydrogens (tertiary/aromatic N) is 1. The molecule has 1 saturated heterocycles. The van der Waals surface area contributed by atoms with E-state index < -0.39 is 21.3 Å². The first-order valence-electron chi connectivity index (χ1n) is 8.13. The molecule has 138 valence electrons. The number of carbonyl (C=O) groups excluding carboxylic acids is 2. The van der Waals surface area contributed by atoms with E-state index in [0.717, 1.165) is 12.8 Å². The second kappa shape index (κ2) is 7.13. The van der Waals surface area contributed by atoms with Crippen LogP contribution >= 0.6 is 0 Å². The van der Waals surface area contributed by atoms with E-state index >= 15 is 0 Å². The highest BCUT2D eigenvalue weighted by Crippen LogP contribution is 2.27. The molecule has 0 spiro atoms. The Kier molecular flexibility index (Phi) is 5.53. The van der Waals surface area contributed by atoms with E-state index in [4.69, 9.17) is 10.5 Å². The van der Waals surface area contributed by atoms with Gasteiger partial charge in [0.2, 0.25) is 10.0 Å². The average Bonchev–Trinajstić information content (AvgIpc) is 3.06. The van der Waals surface area contributed by atoms with Crippen LogP contribution in [0.4, 0.5) is 0 Å². The monoisotopic (exact) mass is 368 g/mol. The molecule has 1 aromatic carbocycles. The van der Waals surface area contributed by atoms with E-state index in [1.165, 1.54) is 22.5 Å². The lowest BCUT2D eigenvalue weighted by Crippen LogP contribution is -2.29. The van der Waals surface area contributed by atoms with Gasteiger partial charge in [-0.3, -0.25) is 9.59 Å². The van der Waals surface area contributed by atoms with Crippen LogP contribution in [0.2, 0.25) is 0 Å². The molecule has 1 heterocycles. The molecule has 0 saturated carbocycles. The molecule has 25 heavy (non-hydrogen) atoms. The van der Waals surface area contributed by atoms with Crippen molar-refractivity contribution in [2.24, 2.45) is 11.1 Å². The van der Waals surface area contributed by atoms with Crippen molar-refractivity contribution >= 4 is 21.7 Å². The fraction of sp³-hybridized carbons (Fsp3) is 0.529. The number of nitrogens with two attached hydrogens (primary N) is 1. The summed E-state index contributed by atoms with van der Waals surface area (Å²) < 4.78 is 32.0. The van der Waals surface area contributed by atoms with Gasteiger partial charge in [0.05, 0.1) is 10.5 Å². The Balaban J connectivity index is 2.29. The molecule has 1 aliphatic heterocycles. The first-order valence-corrected chi connectivity index (χ1v) is 9.57. The normalized spacial score (nSPS) is 16.0. The number of hydrogen-bond donors (Lipinski definition) is 1. The number of ketones is 1. The van der Waals surface area contributed by atoms with E-state index in [1.54, 1.807) is 20.8 Å². The molecular weight excluding hydrogens is 344 g/mol. The molecule has 0 radical (unpaired) electrons. The van der Waals surface area contributed by atoms with Crippen LogP contribution in [0.25, 0.3) is 0 Å². The fourth-order valence-electron chi connectivity index (χ4n) is 2.43. The van der Waals surface area contributed by atoms with Crippen LogP contribution in [0.5, 0.6) is 5.75 Å². The summed E-state index contributed by atoms with van der Waals surface area (Å²) in [5, 5.41) is 0. The topological polar surface area (TPSA) is 107 Å². The van der Waals surface area contributed by atoms with Gasteiger partial charge in [-0.05, 0) is 31.0 Å². The number of Topliss-reactive ketones (excluding diaryl/α,β-unsaturated/α-hetero) is 1. The minimum atomic E-state index is -3.66. The summed E-state index contributed by atoms with van der Waals surface area (Å²) in [5.41, 5.74) is 4.73. The Bertz CT molecular complexity index is 775. The van der Waals surface area contributed by atoms with Crippen molar-refractivity contribution in [2.75, 3.05) is 19.7 Å². The van der Waals surface area contributed by atoms with Gasteiger partial charge in [-0.1, -0.05) is 20.8 Å².